The van der Waals surface area contributed by atoms with Gasteiger partial charge in [-0.1, -0.05) is 6.92 Å². The minimum atomic E-state index is 0.0271. The summed E-state index contributed by atoms with van der Waals surface area (Å²) in [5, 5.41) is 2.95. The highest BCUT2D eigenvalue weighted by atomic mass is 16.2. The van der Waals surface area contributed by atoms with Crippen molar-refractivity contribution >= 4 is 17.5 Å². The van der Waals surface area contributed by atoms with Crippen molar-refractivity contribution in [1.29, 1.82) is 0 Å². The van der Waals surface area contributed by atoms with Crippen molar-refractivity contribution < 1.29 is 4.79 Å². The molecule has 98 valence electrons. The molecule has 3 N–H and O–H groups in total. The van der Waals surface area contributed by atoms with E-state index in [9.17, 15) is 4.79 Å². The molecule has 0 saturated heterocycles. The van der Waals surface area contributed by atoms with Gasteiger partial charge >= 0.3 is 0 Å². The minimum Gasteiger partial charge on any atom is -0.383 e. The molecule has 1 aliphatic rings. The fourth-order valence-electron chi connectivity index (χ4n) is 1.88. The molecule has 2 rings (SSSR count). The van der Waals surface area contributed by atoms with Crippen molar-refractivity contribution in [1.82, 2.24) is 15.3 Å². The number of nitrogens with one attached hydrogen (secondary N) is 1. The summed E-state index contributed by atoms with van der Waals surface area (Å²) in [6.45, 7) is 2.29. The van der Waals surface area contributed by atoms with Crippen LogP contribution in [0.1, 0.15) is 25.3 Å². The molecule has 0 spiro atoms. The number of aromatic nitrogens is 2. The van der Waals surface area contributed by atoms with Crippen LogP contribution in [0.5, 0.6) is 0 Å². The van der Waals surface area contributed by atoms with Gasteiger partial charge in [-0.3, -0.25) is 4.79 Å². The van der Waals surface area contributed by atoms with Crippen LogP contribution in [0.4, 0.5) is 11.6 Å². The zero-order chi connectivity index (χ0) is 13.1. The molecular weight excluding hydrogens is 230 g/mol. The van der Waals surface area contributed by atoms with E-state index in [4.69, 9.17) is 5.73 Å². The van der Waals surface area contributed by atoms with Crippen LogP contribution in [0, 0.1) is 0 Å². The summed E-state index contributed by atoms with van der Waals surface area (Å²) in [5.41, 5.74) is 6.70. The maximum atomic E-state index is 11.7. The van der Waals surface area contributed by atoms with Gasteiger partial charge < -0.3 is 16.0 Å². The second-order valence-electron chi connectivity index (χ2n) is 4.61. The molecule has 1 aromatic rings. The van der Waals surface area contributed by atoms with Gasteiger partial charge in [0.15, 0.2) is 0 Å². The Balaban J connectivity index is 2.05. The molecule has 1 amide bonds. The van der Waals surface area contributed by atoms with E-state index in [2.05, 4.69) is 15.3 Å². The van der Waals surface area contributed by atoms with E-state index >= 15 is 0 Å². The summed E-state index contributed by atoms with van der Waals surface area (Å²) in [4.78, 5) is 21.7. The third kappa shape index (κ3) is 2.88. The van der Waals surface area contributed by atoms with Gasteiger partial charge in [-0.05, 0) is 19.3 Å². The predicted molar refractivity (Wildman–Crippen MR) is 70.3 cm³/mol. The molecule has 18 heavy (non-hydrogen) atoms. The van der Waals surface area contributed by atoms with Gasteiger partial charge in [0.1, 0.15) is 18.0 Å². The quantitative estimate of drug-likeness (QED) is 0.786. The van der Waals surface area contributed by atoms with Crippen LogP contribution in [0.25, 0.3) is 0 Å². The molecule has 1 aliphatic carbocycles. The number of carbonyl (C=O) groups is 1. The van der Waals surface area contributed by atoms with Crippen molar-refractivity contribution in [2.75, 3.05) is 24.2 Å². The molecule has 6 heteroatoms. The lowest BCUT2D eigenvalue weighted by Crippen LogP contribution is -2.37. The van der Waals surface area contributed by atoms with E-state index in [1.54, 1.807) is 0 Å². The third-order valence-electron chi connectivity index (χ3n) is 2.99. The fraction of sp³-hybridized carbons (Fsp3) is 0.583. The van der Waals surface area contributed by atoms with Gasteiger partial charge in [-0.25, -0.2) is 9.97 Å². The molecule has 1 heterocycles. The number of likely N-dealkylation sites (N-methyl/N-ethyl adjacent to an activating group) is 1. The number of hydrogen-bond acceptors (Lipinski definition) is 5. The summed E-state index contributed by atoms with van der Waals surface area (Å²) in [6.07, 6.45) is 4.36. The van der Waals surface area contributed by atoms with Gasteiger partial charge in [0.25, 0.3) is 0 Å². The van der Waals surface area contributed by atoms with Crippen LogP contribution in [0.15, 0.2) is 6.33 Å². The normalized spacial score (nSPS) is 14.3. The Labute approximate surface area is 107 Å². The molecule has 6 nitrogen and oxygen atoms in total. The van der Waals surface area contributed by atoms with E-state index in [1.807, 2.05) is 18.9 Å². The topological polar surface area (TPSA) is 84.1 Å². The maximum Gasteiger partial charge on any atom is 0.239 e. The highest BCUT2D eigenvalue weighted by Crippen LogP contribution is 2.21. The van der Waals surface area contributed by atoms with Gasteiger partial charge in [-0.15, -0.1) is 0 Å². The SMILES string of the molecule is CCc1c(N)ncnc1N(C)CC(=O)NC1CC1. The Morgan fingerprint density at radius 2 is 2.28 bits per heavy atom. The summed E-state index contributed by atoms with van der Waals surface area (Å²) < 4.78 is 0. The number of amides is 1. The van der Waals surface area contributed by atoms with E-state index in [-0.39, 0.29) is 5.91 Å². The van der Waals surface area contributed by atoms with Crippen molar-refractivity contribution in [3.8, 4) is 0 Å². The number of hydrogen-bond donors (Lipinski definition) is 2. The first-order valence-electron chi connectivity index (χ1n) is 6.21. The van der Waals surface area contributed by atoms with Crippen LogP contribution in [-0.4, -0.2) is 35.5 Å². The zero-order valence-corrected chi connectivity index (χ0v) is 10.8. The lowest BCUT2D eigenvalue weighted by Gasteiger charge is -2.20. The van der Waals surface area contributed by atoms with Crippen LogP contribution < -0.4 is 16.0 Å². The Kier molecular flexibility index (Phi) is 3.64. The summed E-state index contributed by atoms with van der Waals surface area (Å²) in [7, 11) is 1.84. The Morgan fingerprint density at radius 3 is 2.89 bits per heavy atom. The highest BCUT2D eigenvalue weighted by Gasteiger charge is 2.24. The molecular formula is C12H19N5O. The van der Waals surface area contributed by atoms with Gasteiger partial charge in [-0.2, -0.15) is 0 Å². The molecule has 0 aromatic carbocycles. The molecule has 0 unspecified atom stereocenters. The standard InChI is InChI=1S/C12H19N5O/c1-3-9-11(13)14-7-15-12(9)17(2)6-10(18)16-8-4-5-8/h7-8H,3-6H2,1-2H3,(H,16,18)(H2,13,14,15). The largest absolute Gasteiger partial charge is 0.383 e. The fourth-order valence-corrected chi connectivity index (χ4v) is 1.88. The molecule has 0 atom stereocenters. The van der Waals surface area contributed by atoms with E-state index in [1.165, 1.54) is 6.33 Å². The molecule has 0 bridgehead atoms. The van der Waals surface area contributed by atoms with Crippen LogP contribution in [-0.2, 0) is 11.2 Å². The number of nitrogen functional groups attached to an aromatic ring is 1. The number of nitrogens with zero attached hydrogens (tertiary/aromatic N) is 3. The molecule has 1 fully saturated rings. The van der Waals surface area contributed by atoms with Crippen LogP contribution in [0.2, 0.25) is 0 Å². The van der Waals surface area contributed by atoms with E-state index in [0.717, 1.165) is 30.6 Å². The number of nitrogens with two attached hydrogens (primary N) is 1. The van der Waals surface area contributed by atoms with Crippen LogP contribution in [0.3, 0.4) is 0 Å². The van der Waals surface area contributed by atoms with E-state index in [0.29, 0.717) is 18.4 Å². The summed E-state index contributed by atoms with van der Waals surface area (Å²) >= 11 is 0. The lowest BCUT2D eigenvalue weighted by molar-refractivity contribution is -0.119. The predicted octanol–water partition coefficient (Wildman–Crippen LogP) is 0.336. The van der Waals surface area contributed by atoms with Crippen LogP contribution >= 0.6 is 0 Å². The average Bonchev–Trinajstić information content (AvgIpc) is 3.12. The lowest BCUT2D eigenvalue weighted by atomic mass is 10.2. The molecule has 0 aliphatic heterocycles. The van der Waals surface area contributed by atoms with Crippen molar-refractivity contribution in [3.05, 3.63) is 11.9 Å². The first-order chi connectivity index (χ1) is 8.61. The molecule has 0 radical (unpaired) electrons. The number of carbonyl (C=O) groups excluding carboxylic acids is 1. The molecule has 1 aromatic heterocycles. The Morgan fingerprint density at radius 1 is 1.56 bits per heavy atom. The first-order valence-corrected chi connectivity index (χ1v) is 6.21. The van der Waals surface area contributed by atoms with Gasteiger partial charge in [0, 0.05) is 18.7 Å². The number of rotatable bonds is 5. The van der Waals surface area contributed by atoms with E-state index < -0.39 is 0 Å². The van der Waals surface area contributed by atoms with Crippen molar-refractivity contribution in [3.63, 3.8) is 0 Å². The second-order valence-corrected chi connectivity index (χ2v) is 4.61. The number of anilines is 2. The second kappa shape index (κ2) is 5.20. The molecule has 1 saturated carbocycles. The third-order valence-corrected chi connectivity index (χ3v) is 2.99. The minimum absolute atomic E-state index is 0.0271. The maximum absolute atomic E-state index is 11.7. The summed E-state index contributed by atoms with van der Waals surface area (Å²) in [6, 6.07) is 0.381. The smallest absolute Gasteiger partial charge is 0.239 e. The Bertz CT molecular complexity index is 444. The first kappa shape index (κ1) is 12.6. The van der Waals surface area contributed by atoms with Gasteiger partial charge in [0.05, 0.1) is 6.54 Å². The summed E-state index contributed by atoms with van der Waals surface area (Å²) in [5.74, 6) is 1.24. The monoisotopic (exact) mass is 249 g/mol. The van der Waals surface area contributed by atoms with Gasteiger partial charge in [0.2, 0.25) is 5.91 Å². The Hall–Kier alpha value is -1.85. The van der Waals surface area contributed by atoms with Crippen molar-refractivity contribution in [2.24, 2.45) is 0 Å². The zero-order valence-electron chi connectivity index (χ0n) is 10.8. The average molecular weight is 249 g/mol. The highest BCUT2D eigenvalue weighted by molar-refractivity contribution is 5.81. The van der Waals surface area contributed by atoms with Crippen molar-refractivity contribution in [2.45, 2.75) is 32.2 Å².